The largest absolute Gasteiger partial charge is 0.460 e. The van der Waals surface area contributed by atoms with Crippen molar-refractivity contribution < 1.29 is 18.7 Å². The molecule has 0 spiro atoms. The van der Waals surface area contributed by atoms with Crippen LogP contribution >= 0.6 is 0 Å². The van der Waals surface area contributed by atoms with Gasteiger partial charge in [0.1, 0.15) is 11.4 Å². The van der Waals surface area contributed by atoms with Crippen molar-refractivity contribution in [3.8, 4) is 0 Å². The molecule has 0 aromatic heterocycles. The first kappa shape index (κ1) is 17.9. The minimum Gasteiger partial charge on any atom is -0.460 e. The molecule has 4 nitrogen and oxygen atoms in total. The van der Waals surface area contributed by atoms with Crippen molar-refractivity contribution in [2.45, 2.75) is 59.0 Å². The molecule has 2 bridgehead atoms. The van der Waals surface area contributed by atoms with Gasteiger partial charge in [-0.15, -0.1) is 0 Å². The maximum atomic E-state index is 12.9. The van der Waals surface area contributed by atoms with Gasteiger partial charge in [-0.3, -0.25) is 9.59 Å². The Kier molecular flexibility index (Phi) is 4.17. The van der Waals surface area contributed by atoms with E-state index < -0.39 is 5.60 Å². The number of ether oxygens (including phenoxy) is 1. The second-order valence-corrected chi connectivity index (χ2v) is 8.87. The van der Waals surface area contributed by atoms with Gasteiger partial charge in [0.15, 0.2) is 0 Å². The Morgan fingerprint density at radius 2 is 1.76 bits per heavy atom. The lowest BCUT2D eigenvalue weighted by Gasteiger charge is -2.72. The van der Waals surface area contributed by atoms with Gasteiger partial charge in [0.25, 0.3) is 0 Å². The van der Waals surface area contributed by atoms with Crippen LogP contribution in [0.25, 0.3) is 0 Å². The Bertz CT molecular complexity index is 670. The number of halogens is 1. The van der Waals surface area contributed by atoms with E-state index in [1.807, 2.05) is 27.7 Å². The van der Waals surface area contributed by atoms with Crippen LogP contribution in [0.1, 0.15) is 53.4 Å². The molecule has 3 aliphatic rings. The first-order valence-electron chi connectivity index (χ1n) is 8.81. The smallest absolute Gasteiger partial charge is 0.306 e. The van der Waals surface area contributed by atoms with Crippen LogP contribution in [0.15, 0.2) is 24.3 Å². The Morgan fingerprint density at radius 1 is 1.20 bits per heavy atom. The first-order valence-corrected chi connectivity index (χ1v) is 8.81. The molecule has 4 rings (SSSR count). The Hall–Kier alpha value is -1.91. The van der Waals surface area contributed by atoms with E-state index in [4.69, 9.17) is 4.74 Å². The Balaban J connectivity index is 1.51. The number of rotatable bonds is 5. The molecule has 1 atom stereocenters. The van der Waals surface area contributed by atoms with Gasteiger partial charge in [-0.1, -0.05) is 6.92 Å². The number of anilines is 1. The Labute approximate surface area is 148 Å². The van der Waals surface area contributed by atoms with Crippen molar-refractivity contribution in [1.29, 1.82) is 0 Å². The Morgan fingerprint density at radius 3 is 2.28 bits per heavy atom. The molecule has 136 valence electrons. The topological polar surface area (TPSA) is 55.4 Å². The summed E-state index contributed by atoms with van der Waals surface area (Å²) in [5, 5.41) is 2.85. The summed E-state index contributed by atoms with van der Waals surface area (Å²) >= 11 is 0. The van der Waals surface area contributed by atoms with Gasteiger partial charge in [0.05, 0.1) is 6.42 Å². The van der Waals surface area contributed by atoms with Gasteiger partial charge in [0.2, 0.25) is 5.91 Å². The minimum absolute atomic E-state index is 0.00608. The maximum Gasteiger partial charge on any atom is 0.306 e. The number of nitrogens with one attached hydrogen (secondary N) is 1. The highest BCUT2D eigenvalue weighted by atomic mass is 19.1. The van der Waals surface area contributed by atoms with Crippen molar-refractivity contribution in [1.82, 2.24) is 0 Å². The van der Waals surface area contributed by atoms with Crippen LogP contribution in [0.5, 0.6) is 0 Å². The number of carbonyl (C=O) groups excluding carboxylic acids is 2. The normalized spacial score (nSPS) is 28.4. The monoisotopic (exact) mass is 347 g/mol. The third kappa shape index (κ3) is 3.55. The number of hydrogen-bond donors (Lipinski definition) is 1. The molecule has 0 aliphatic heterocycles. The van der Waals surface area contributed by atoms with Gasteiger partial charge in [-0.05, 0) is 75.1 Å². The lowest BCUT2D eigenvalue weighted by Crippen LogP contribution is -2.66. The molecule has 0 saturated heterocycles. The molecule has 1 aromatic carbocycles. The van der Waals surface area contributed by atoms with Gasteiger partial charge in [-0.25, -0.2) is 4.39 Å². The van der Waals surface area contributed by atoms with Crippen molar-refractivity contribution in [2.24, 2.45) is 16.7 Å². The van der Waals surface area contributed by atoms with Gasteiger partial charge in [-0.2, -0.15) is 0 Å². The first-order chi connectivity index (χ1) is 11.5. The summed E-state index contributed by atoms with van der Waals surface area (Å²) in [6.45, 7) is 7.55. The van der Waals surface area contributed by atoms with Crippen LogP contribution in [0.2, 0.25) is 0 Å². The summed E-state index contributed by atoms with van der Waals surface area (Å²) < 4.78 is 18.4. The van der Waals surface area contributed by atoms with E-state index in [-0.39, 0.29) is 34.4 Å². The lowest BCUT2D eigenvalue weighted by molar-refractivity contribution is -0.236. The second kappa shape index (κ2) is 5.82. The third-order valence-corrected chi connectivity index (χ3v) is 5.54. The molecule has 1 amide bonds. The molecule has 25 heavy (non-hydrogen) atoms. The summed E-state index contributed by atoms with van der Waals surface area (Å²) in [6, 6.07) is 5.78. The molecule has 0 unspecified atom stereocenters. The molecule has 0 heterocycles. The van der Waals surface area contributed by atoms with E-state index in [0.29, 0.717) is 12.1 Å². The molecular weight excluding hydrogens is 321 g/mol. The number of hydrogen-bond acceptors (Lipinski definition) is 3. The van der Waals surface area contributed by atoms with E-state index >= 15 is 0 Å². The standard InChI is InChI=1S/C20H26FNO3/c1-13(17(24)22-15-7-5-14(21)6-8-15)20-10-19(11-20,12-20)9-16(23)25-18(2,3)4/h5-8,13H,9-12H2,1-4H3,(H,22,24)/t13-,19?,20?/m0/s1. The number of benzene rings is 1. The molecule has 5 heteroatoms. The van der Waals surface area contributed by atoms with Crippen molar-refractivity contribution in [3.63, 3.8) is 0 Å². The summed E-state index contributed by atoms with van der Waals surface area (Å²) in [4.78, 5) is 24.5. The minimum atomic E-state index is -0.458. The zero-order valence-corrected chi connectivity index (χ0v) is 15.3. The summed E-state index contributed by atoms with van der Waals surface area (Å²) in [7, 11) is 0. The average molecular weight is 347 g/mol. The van der Waals surface area contributed by atoms with Crippen LogP contribution in [-0.2, 0) is 14.3 Å². The molecular formula is C20H26FNO3. The highest BCUT2D eigenvalue weighted by molar-refractivity contribution is 5.93. The summed E-state index contributed by atoms with van der Waals surface area (Å²) in [6.07, 6.45) is 3.14. The fourth-order valence-corrected chi connectivity index (χ4v) is 4.48. The van der Waals surface area contributed by atoms with Crippen molar-refractivity contribution >= 4 is 17.6 Å². The number of amides is 1. The summed E-state index contributed by atoms with van der Waals surface area (Å²) in [5.74, 6) is -0.644. The van der Waals surface area contributed by atoms with Crippen molar-refractivity contribution in [2.75, 3.05) is 5.32 Å². The fourth-order valence-electron chi connectivity index (χ4n) is 4.48. The second-order valence-electron chi connectivity index (χ2n) is 8.87. The van der Waals surface area contributed by atoms with E-state index in [2.05, 4.69) is 5.32 Å². The predicted molar refractivity (Wildman–Crippen MR) is 93.4 cm³/mol. The summed E-state index contributed by atoms with van der Waals surface area (Å²) in [5.41, 5.74) is 0.188. The zero-order chi connectivity index (χ0) is 18.5. The van der Waals surface area contributed by atoms with Gasteiger partial charge < -0.3 is 10.1 Å². The van der Waals surface area contributed by atoms with E-state index in [0.717, 1.165) is 19.3 Å². The van der Waals surface area contributed by atoms with Gasteiger partial charge in [0, 0.05) is 11.6 Å². The maximum absolute atomic E-state index is 12.9. The van der Waals surface area contributed by atoms with Crippen LogP contribution in [0, 0.1) is 22.6 Å². The lowest BCUT2D eigenvalue weighted by atomic mass is 9.31. The molecule has 1 N–H and O–H groups in total. The molecule has 1 aromatic rings. The SMILES string of the molecule is C[C@@H](C(=O)Nc1ccc(F)cc1)C12CC(CC(=O)OC(C)(C)C)(C1)C2. The molecule has 3 saturated carbocycles. The van der Waals surface area contributed by atoms with E-state index in [1.54, 1.807) is 12.1 Å². The highest BCUT2D eigenvalue weighted by Crippen LogP contribution is 2.77. The third-order valence-electron chi connectivity index (χ3n) is 5.54. The van der Waals surface area contributed by atoms with Crippen LogP contribution < -0.4 is 5.32 Å². The van der Waals surface area contributed by atoms with Crippen LogP contribution in [-0.4, -0.2) is 17.5 Å². The number of carbonyl (C=O) groups is 2. The average Bonchev–Trinajstić information content (AvgIpc) is 2.41. The fraction of sp³-hybridized carbons (Fsp3) is 0.600. The zero-order valence-electron chi connectivity index (χ0n) is 15.3. The quantitative estimate of drug-likeness (QED) is 0.808. The van der Waals surface area contributed by atoms with Crippen molar-refractivity contribution in [3.05, 3.63) is 30.1 Å². The molecule has 0 radical (unpaired) electrons. The van der Waals surface area contributed by atoms with E-state index in [9.17, 15) is 14.0 Å². The van der Waals surface area contributed by atoms with E-state index in [1.165, 1.54) is 12.1 Å². The molecule has 3 fully saturated rings. The predicted octanol–water partition coefficient (Wildman–Crippen LogP) is 4.30. The molecule has 3 aliphatic carbocycles. The van der Waals surface area contributed by atoms with Gasteiger partial charge >= 0.3 is 5.97 Å². The van der Waals surface area contributed by atoms with Crippen LogP contribution in [0.3, 0.4) is 0 Å². The highest BCUT2D eigenvalue weighted by Gasteiger charge is 2.70. The van der Waals surface area contributed by atoms with Crippen LogP contribution in [0.4, 0.5) is 10.1 Å². The number of esters is 1.